The first-order valence-corrected chi connectivity index (χ1v) is 11.2. The van der Waals surface area contributed by atoms with Crippen LogP contribution in [0.2, 0.25) is 0 Å². The van der Waals surface area contributed by atoms with Gasteiger partial charge in [0.15, 0.2) is 5.78 Å². The molecule has 1 saturated heterocycles. The molecule has 2 unspecified atom stereocenters. The molecule has 0 radical (unpaired) electrons. The van der Waals surface area contributed by atoms with Crippen molar-refractivity contribution in [2.24, 2.45) is 0 Å². The van der Waals surface area contributed by atoms with Gasteiger partial charge in [0.2, 0.25) is 0 Å². The standard InChI is InChI=1S/C23H35N3O6/c1-4-19-21(26(13-14-32-19)24-15-20(27)28)22(29)16(3)25-18(23(30)31-5-2)12-11-17-9-7-6-8-10-17/h6-10,16,18-19,21,24-25H,4-5,11-15H2,1-3H3,(H,27,28)/t16-,18-,19?,21?/m0/s1. The largest absolute Gasteiger partial charge is 0.480 e. The summed E-state index contributed by atoms with van der Waals surface area (Å²) in [7, 11) is 0. The van der Waals surface area contributed by atoms with Crippen LogP contribution in [0.1, 0.15) is 39.2 Å². The molecule has 0 amide bonds. The molecule has 0 bridgehead atoms. The van der Waals surface area contributed by atoms with E-state index in [-0.39, 0.29) is 25.0 Å². The molecular weight excluding hydrogens is 414 g/mol. The molecular formula is C23H35N3O6. The number of hydrazine groups is 1. The quantitative estimate of drug-likeness (QED) is 0.381. The van der Waals surface area contributed by atoms with Crippen molar-refractivity contribution in [2.75, 3.05) is 26.3 Å². The molecule has 4 atom stereocenters. The summed E-state index contributed by atoms with van der Waals surface area (Å²) in [6.45, 7) is 6.15. The lowest BCUT2D eigenvalue weighted by atomic mass is 9.96. The minimum absolute atomic E-state index is 0.163. The number of esters is 1. The molecule has 1 fully saturated rings. The average Bonchev–Trinajstić information content (AvgIpc) is 2.80. The summed E-state index contributed by atoms with van der Waals surface area (Å²) < 4.78 is 11.0. The average molecular weight is 450 g/mol. The summed E-state index contributed by atoms with van der Waals surface area (Å²) in [5, 5.41) is 13.8. The summed E-state index contributed by atoms with van der Waals surface area (Å²) >= 11 is 0. The van der Waals surface area contributed by atoms with E-state index in [2.05, 4.69) is 10.7 Å². The van der Waals surface area contributed by atoms with E-state index in [1.54, 1.807) is 18.9 Å². The summed E-state index contributed by atoms with van der Waals surface area (Å²) in [6.07, 6.45) is 1.38. The summed E-state index contributed by atoms with van der Waals surface area (Å²) in [5.41, 5.74) is 3.92. The second-order valence-electron chi connectivity index (χ2n) is 7.80. The molecule has 0 aromatic heterocycles. The molecule has 1 aliphatic rings. The number of morpholine rings is 1. The van der Waals surface area contributed by atoms with Gasteiger partial charge in [-0.1, -0.05) is 37.3 Å². The smallest absolute Gasteiger partial charge is 0.323 e. The van der Waals surface area contributed by atoms with Crippen LogP contribution in [0.5, 0.6) is 0 Å². The topological polar surface area (TPSA) is 117 Å². The van der Waals surface area contributed by atoms with Crippen molar-refractivity contribution in [1.29, 1.82) is 0 Å². The van der Waals surface area contributed by atoms with Crippen LogP contribution in [0.25, 0.3) is 0 Å². The summed E-state index contributed by atoms with van der Waals surface area (Å²) in [5.74, 6) is -1.57. The van der Waals surface area contributed by atoms with E-state index in [9.17, 15) is 14.4 Å². The monoisotopic (exact) mass is 449 g/mol. The minimum atomic E-state index is -1.01. The Morgan fingerprint density at radius 2 is 1.97 bits per heavy atom. The van der Waals surface area contributed by atoms with Gasteiger partial charge in [0.05, 0.1) is 25.4 Å². The minimum Gasteiger partial charge on any atom is -0.480 e. The molecule has 1 heterocycles. The second kappa shape index (κ2) is 13.3. The second-order valence-corrected chi connectivity index (χ2v) is 7.80. The van der Waals surface area contributed by atoms with Crippen molar-refractivity contribution in [2.45, 2.75) is 64.3 Å². The molecule has 0 spiro atoms. The predicted molar refractivity (Wildman–Crippen MR) is 119 cm³/mol. The number of carboxylic acid groups (broad SMARTS) is 1. The van der Waals surface area contributed by atoms with Crippen LogP contribution in [0.4, 0.5) is 0 Å². The Hall–Kier alpha value is -2.33. The van der Waals surface area contributed by atoms with Crippen LogP contribution in [0, 0.1) is 0 Å². The molecule has 0 aliphatic carbocycles. The Morgan fingerprint density at radius 3 is 2.59 bits per heavy atom. The van der Waals surface area contributed by atoms with Crippen molar-refractivity contribution in [3.05, 3.63) is 35.9 Å². The van der Waals surface area contributed by atoms with Crippen molar-refractivity contribution >= 4 is 17.7 Å². The van der Waals surface area contributed by atoms with Crippen molar-refractivity contribution in [3.63, 3.8) is 0 Å². The molecule has 0 saturated carbocycles. The highest BCUT2D eigenvalue weighted by Gasteiger charge is 2.39. The number of aliphatic carboxylic acids is 1. The zero-order valence-electron chi connectivity index (χ0n) is 19.1. The first-order valence-electron chi connectivity index (χ1n) is 11.2. The van der Waals surface area contributed by atoms with Crippen molar-refractivity contribution < 1.29 is 29.0 Å². The number of nitrogens with one attached hydrogen (secondary N) is 2. The van der Waals surface area contributed by atoms with E-state index in [4.69, 9.17) is 14.6 Å². The molecule has 1 aliphatic heterocycles. The van der Waals surface area contributed by atoms with Crippen LogP contribution in [-0.2, 0) is 30.3 Å². The summed E-state index contributed by atoms with van der Waals surface area (Å²) in [4.78, 5) is 36.9. The first-order chi connectivity index (χ1) is 15.4. The third kappa shape index (κ3) is 7.67. The number of aryl methyl sites for hydroxylation is 1. The number of benzene rings is 1. The highest BCUT2D eigenvalue weighted by atomic mass is 16.5. The molecule has 2 rings (SSSR count). The number of carbonyl (C=O) groups is 3. The maximum Gasteiger partial charge on any atom is 0.323 e. The fraction of sp³-hybridized carbons (Fsp3) is 0.609. The lowest BCUT2D eigenvalue weighted by Gasteiger charge is -2.41. The molecule has 9 nitrogen and oxygen atoms in total. The van der Waals surface area contributed by atoms with E-state index in [1.165, 1.54) is 0 Å². The van der Waals surface area contributed by atoms with Crippen LogP contribution in [-0.4, -0.2) is 78.4 Å². The van der Waals surface area contributed by atoms with Crippen LogP contribution in [0.15, 0.2) is 30.3 Å². The van der Waals surface area contributed by atoms with Gasteiger partial charge in [-0.15, -0.1) is 0 Å². The van der Waals surface area contributed by atoms with Gasteiger partial charge < -0.3 is 14.6 Å². The van der Waals surface area contributed by atoms with Gasteiger partial charge in [0.1, 0.15) is 18.6 Å². The molecule has 32 heavy (non-hydrogen) atoms. The van der Waals surface area contributed by atoms with E-state index >= 15 is 0 Å². The molecule has 1 aromatic rings. The van der Waals surface area contributed by atoms with Gasteiger partial charge in [-0.25, -0.2) is 10.4 Å². The fourth-order valence-corrected chi connectivity index (χ4v) is 3.87. The van der Waals surface area contributed by atoms with Gasteiger partial charge in [-0.3, -0.25) is 19.7 Å². The van der Waals surface area contributed by atoms with Crippen LogP contribution >= 0.6 is 0 Å². The maximum absolute atomic E-state index is 13.4. The van der Waals surface area contributed by atoms with Gasteiger partial charge >= 0.3 is 11.9 Å². The lowest BCUT2D eigenvalue weighted by Crippen LogP contribution is -2.64. The summed E-state index contributed by atoms with van der Waals surface area (Å²) in [6, 6.07) is 7.86. The number of rotatable bonds is 13. The fourth-order valence-electron chi connectivity index (χ4n) is 3.87. The van der Waals surface area contributed by atoms with Gasteiger partial charge in [0.25, 0.3) is 0 Å². The highest BCUT2D eigenvalue weighted by Crippen LogP contribution is 2.18. The van der Waals surface area contributed by atoms with E-state index in [0.29, 0.717) is 32.4 Å². The number of ether oxygens (including phenoxy) is 2. The van der Waals surface area contributed by atoms with Gasteiger partial charge in [0, 0.05) is 6.54 Å². The SMILES string of the molecule is CCOC(=O)[C@H](CCc1ccccc1)N[C@@H](C)C(=O)C1C(CC)OCCN1NCC(=O)O. The Kier molecular flexibility index (Phi) is 10.8. The van der Waals surface area contributed by atoms with Crippen molar-refractivity contribution in [3.8, 4) is 0 Å². The lowest BCUT2D eigenvalue weighted by molar-refractivity contribution is -0.151. The van der Waals surface area contributed by atoms with E-state index in [1.807, 2.05) is 37.3 Å². The zero-order chi connectivity index (χ0) is 23.5. The highest BCUT2D eigenvalue weighted by molar-refractivity contribution is 5.90. The Morgan fingerprint density at radius 1 is 1.25 bits per heavy atom. The molecule has 178 valence electrons. The number of carbonyl (C=O) groups excluding carboxylic acids is 2. The van der Waals surface area contributed by atoms with Crippen LogP contribution < -0.4 is 10.7 Å². The molecule has 3 N–H and O–H groups in total. The zero-order valence-corrected chi connectivity index (χ0v) is 19.1. The van der Waals surface area contributed by atoms with E-state index in [0.717, 1.165) is 5.56 Å². The molecule has 9 heteroatoms. The number of carboxylic acids is 1. The maximum atomic E-state index is 13.4. The Balaban J connectivity index is 2.10. The first kappa shape index (κ1) is 25.9. The van der Waals surface area contributed by atoms with Gasteiger partial charge in [-0.05, 0) is 38.7 Å². The number of nitrogens with zero attached hydrogens (tertiary/aromatic N) is 1. The number of ketones is 1. The third-order valence-electron chi connectivity index (χ3n) is 5.49. The van der Waals surface area contributed by atoms with E-state index < -0.39 is 30.1 Å². The normalized spacial score (nSPS) is 21.0. The predicted octanol–water partition coefficient (Wildman–Crippen LogP) is 1.17. The Bertz CT molecular complexity index is 745. The Labute approximate surface area is 189 Å². The van der Waals surface area contributed by atoms with Crippen LogP contribution in [0.3, 0.4) is 0 Å². The number of hydrogen-bond acceptors (Lipinski definition) is 8. The number of hydrogen-bond donors (Lipinski definition) is 3. The van der Waals surface area contributed by atoms with Crippen molar-refractivity contribution in [1.82, 2.24) is 15.8 Å². The van der Waals surface area contributed by atoms with Gasteiger partial charge in [-0.2, -0.15) is 0 Å². The molecule has 1 aromatic carbocycles. The third-order valence-corrected chi connectivity index (χ3v) is 5.49. The number of Topliss-reactive ketones (excluding diaryl/α,β-unsaturated/α-hetero) is 1.